The van der Waals surface area contributed by atoms with Crippen molar-refractivity contribution >= 4 is 22.6 Å². The van der Waals surface area contributed by atoms with Crippen molar-refractivity contribution in [2.24, 2.45) is 0 Å². The van der Waals surface area contributed by atoms with Crippen LogP contribution in [-0.4, -0.2) is 41.5 Å². The molecule has 4 nitrogen and oxygen atoms in total. The predicted molar refractivity (Wildman–Crippen MR) is 133 cm³/mol. The van der Waals surface area contributed by atoms with Gasteiger partial charge in [-0.1, -0.05) is 74.2 Å². The average Bonchev–Trinajstić information content (AvgIpc) is 3.28. The summed E-state index contributed by atoms with van der Waals surface area (Å²) in [6.07, 6.45) is 9.29. The summed E-state index contributed by atoms with van der Waals surface area (Å²) < 4.78 is 0. The number of nitrogens with one attached hydrogen (secondary N) is 1. The summed E-state index contributed by atoms with van der Waals surface area (Å²) in [6.45, 7) is 12.7. The number of thiophene rings is 1. The first-order chi connectivity index (χ1) is 15.1. The molecule has 1 aromatic heterocycles. The van der Waals surface area contributed by atoms with E-state index in [2.05, 4.69) is 73.0 Å². The average molecular weight is 439 g/mol. The van der Waals surface area contributed by atoms with Crippen LogP contribution in [0, 0.1) is 0 Å². The Morgan fingerprint density at radius 2 is 1.84 bits per heavy atom. The third-order valence-electron chi connectivity index (χ3n) is 4.95. The Balaban J connectivity index is 1.94. The summed E-state index contributed by atoms with van der Waals surface area (Å²) in [5.74, 6) is 0. The number of hydrogen-bond donors (Lipinski definition) is 3. The molecule has 0 bridgehead atoms. The lowest BCUT2D eigenvalue weighted by atomic mass is 10.1. The fourth-order valence-corrected chi connectivity index (χ4v) is 4.17. The van der Waals surface area contributed by atoms with E-state index >= 15 is 0 Å². The zero-order chi connectivity index (χ0) is 22.5. The standard InChI is InChI=1S/C26H34N2O2S/c1-4-9-24(20-28(18-19-29)17-16-23-11-6-5-7-12-23)13-8-10-21(2)25-14-15-26(31-25)22(3)27-30/h5-12,14-15,27,29-30H,2-4,13,16-20H2,1H3/b10-8-,24-9+. The Morgan fingerprint density at radius 1 is 1.10 bits per heavy atom. The van der Waals surface area contributed by atoms with Crippen LogP contribution in [0.25, 0.3) is 11.3 Å². The molecule has 1 heterocycles. The Morgan fingerprint density at radius 3 is 2.52 bits per heavy atom. The summed E-state index contributed by atoms with van der Waals surface area (Å²) in [7, 11) is 0. The van der Waals surface area contributed by atoms with E-state index in [-0.39, 0.29) is 6.61 Å². The zero-order valence-electron chi connectivity index (χ0n) is 18.4. The first-order valence-electron chi connectivity index (χ1n) is 10.7. The summed E-state index contributed by atoms with van der Waals surface area (Å²) in [5.41, 5.74) is 6.18. The molecule has 0 aliphatic carbocycles. The van der Waals surface area contributed by atoms with Gasteiger partial charge >= 0.3 is 0 Å². The number of hydroxylamine groups is 1. The van der Waals surface area contributed by atoms with Crippen LogP contribution in [0.15, 0.2) is 79.4 Å². The summed E-state index contributed by atoms with van der Waals surface area (Å²) in [5, 5.41) is 18.5. The van der Waals surface area contributed by atoms with Crippen molar-refractivity contribution < 1.29 is 10.3 Å². The second kappa shape index (κ2) is 13.8. The van der Waals surface area contributed by atoms with Gasteiger partial charge in [0.1, 0.15) is 0 Å². The number of rotatable bonds is 14. The zero-order valence-corrected chi connectivity index (χ0v) is 19.2. The van der Waals surface area contributed by atoms with Crippen LogP contribution in [0.3, 0.4) is 0 Å². The molecule has 0 atom stereocenters. The van der Waals surface area contributed by atoms with Gasteiger partial charge in [0.25, 0.3) is 0 Å². The van der Waals surface area contributed by atoms with Gasteiger partial charge in [0.15, 0.2) is 0 Å². The van der Waals surface area contributed by atoms with Crippen molar-refractivity contribution in [3.63, 3.8) is 0 Å². The van der Waals surface area contributed by atoms with Crippen molar-refractivity contribution in [3.05, 3.63) is 94.7 Å². The molecule has 1 aromatic carbocycles. The van der Waals surface area contributed by atoms with Crippen LogP contribution in [0.2, 0.25) is 0 Å². The van der Waals surface area contributed by atoms with Gasteiger partial charge in [0.05, 0.1) is 17.2 Å². The van der Waals surface area contributed by atoms with Crippen LogP contribution in [0.1, 0.15) is 35.1 Å². The van der Waals surface area contributed by atoms with Gasteiger partial charge in [-0.15, -0.1) is 11.3 Å². The molecule has 0 unspecified atom stereocenters. The number of allylic oxidation sites excluding steroid dienone is 4. The van der Waals surface area contributed by atoms with Crippen LogP contribution in [-0.2, 0) is 6.42 Å². The Labute approximate surface area is 190 Å². The lowest BCUT2D eigenvalue weighted by Gasteiger charge is -2.23. The minimum Gasteiger partial charge on any atom is -0.395 e. The van der Waals surface area contributed by atoms with Gasteiger partial charge in [0, 0.05) is 24.5 Å². The van der Waals surface area contributed by atoms with E-state index in [0.29, 0.717) is 12.2 Å². The smallest absolute Gasteiger partial charge is 0.0702 e. The predicted octanol–water partition coefficient (Wildman–Crippen LogP) is 5.53. The monoisotopic (exact) mass is 438 g/mol. The second-order valence-corrected chi connectivity index (χ2v) is 8.48. The highest BCUT2D eigenvalue weighted by atomic mass is 32.1. The summed E-state index contributed by atoms with van der Waals surface area (Å²) >= 11 is 1.54. The Hall–Kier alpha value is -2.44. The second-order valence-electron chi connectivity index (χ2n) is 7.39. The van der Waals surface area contributed by atoms with Gasteiger partial charge < -0.3 is 5.11 Å². The van der Waals surface area contributed by atoms with Crippen LogP contribution in [0.4, 0.5) is 0 Å². The quantitative estimate of drug-likeness (QED) is 0.206. The third kappa shape index (κ3) is 8.67. The van der Waals surface area contributed by atoms with E-state index in [1.54, 1.807) is 11.3 Å². The fraction of sp³-hybridized carbons (Fsp3) is 0.308. The highest BCUT2D eigenvalue weighted by Gasteiger charge is 2.08. The van der Waals surface area contributed by atoms with E-state index in [9.17, 15) is 5.11 Å². The van der Waals surface area contributed by atoms with E-state index in [1.165, 1.54) is 11.1 Å². The Bertz CT molecular complexity index is 884. The van der Waals surface area contributed by atoms with Gasteiger partial charge in [-0.3, -0.25) is 15.6 Å². The topological polar surface area (TPSA) is 55.7 Å². The molecule has 0 saturated carbocycles. The highest BCUT2D eigenvalue weighted by molar-refractivity contribution is 7.14. The first-order valence-corrected chi connectivity index (χ1v) is 11.5. The third-order valence-corrected chi connectivity index (χ3v) is 6.17. The van der Waals surface area contributed by atoms with Crippen molar-refractivity contribution in [2.75, 3.05) is 26.2 Å². The summed E-state index contributed by atoms with van der Waals surface area (Å²) in [6, 6.07) is 14.4. The van der Waals surface area contributed by atoms with Crippen LogP contribution < -0.4 is 5.48 Å². The number of hydrogen-bond acceptors (Lipinski definition) is 5. The number of aliphatic hydroxyl groups is 1. The molecule has 0 saturated heterocycles. The summed E-state index contributed by atoms with van der Waals surface area (Å²) in [4.78, 5) is 4.25. The fourth-order valence-electron chi connectivity index (χ4n) is 3.29. The van der Waals surface area contributed by atoms with Crippen LogP contribution in [0.5, 0.6) is 0 Å². The van der Waals surface area contributed by atoms with Crippen molar-refractivity contribution in [3.8, 4) is 0 Å². The SMILES string of the molecule is C=C(/C=C\C/C(=C\CC)CN(CCO)CCc1ccccc1)c1ccc(C(=C)NO)s1. The molecule has 0 aliphatic heterocycles. The number of nitrogens with zero attached hydrogens (tertiary/aromatic N) is 1. The molecule has 31 heavy (non-hydrogen) atoms. The maximum absolute atomic E-state index is 9.50. The molecule has 3 N–H and O–H groups in total. The van der Waals surface area contributed by atoms with Gasteiger partial charge in [-0.25, -0.2) is 0 Å². The lowest BCUT2D eigenvalue weighted by molar-refractivity contribution is 0.206. The molecule has 0 amide bonds. The van der Waals surface area contributed by atoms with Crippen LogP contribution >= 0.6 is 11.3 Å². The van der Waals surface area contributed by atoms with E-state index in [4.69, 9.17) is 5.21 Å². The van der Waals surface area contributed by atoms with E-state index < -0.39 is 0 Å². The minimum absolute atomic E-state index is 0.162. The first kappa shape index (κ1) is 24.8. The maximum atomic E-state index is 9.50. The molecule has 0 radical (unpaired) electrons. The highest BCUT2D eigenvalue weighted by Crippen LogP contribution is 2.27. The molecule has 2 rings (SSSR count). The number of aliphatic hydroxyl groups excluding tert-OH is 1. The van der Waals surface area contributed by atoms with Gasteiger partial charge in [0.2, 0.25) is 0 Å². The molecule has 2 aromatic rings. The number of benzene rings is 1. The van der Waals surface area contributed by atoms with Gasteiger partial charge in [-0.05, 0) is 42.5 Å². The Kier molecular flexibility index (Phi) is 11.0. The molecular weight excluding hydrogens is 404 g/mol. The van der Waals surface area contributed by atoms with E-state index in [1.807, 2.05) is 18.2 Å². The minimum atomic E-state index is 0.162. The lowest BCUT2D eigenvalue weighted by Crippen LogP contribution is -2.31. The maximum Gasteiger partial charge on any atom is 0.0702 e. The normalized spacial score (nSPS) is 11.9. The van der Waals surface area contributed by atoms with Gasteiger partial charge in [-0.2, -0.15) is 0 Å². The molecule has 5 heteroatoms. The van der Waals surface area contributed by atoms with Crippen molar-refractivity contribution in [2.45, 2.75) is 26.2 Å². The largest absolute Gasteiger partial charge is 0.395 e. The molecule has 166 valence electrons. The molecule has 0 fully saturated rings. The van der Waals surface area contributed by atoms with E-state index in [0.717, 1.165) is 47.7 Å². The molecule has 0 spiro atoms. The molecule has 0 aliphatic rings. The molecular formula is C26H34N2O2S. The van der Waals surface area contributed by atoms with Crippen molar-refractivity contribution in [1.29, 1.82) is 0 Å². The van der Waals surface area contributed by atoms with Crippen molar-refractivity contribution in [1.82, 2.24) is 10.4 Å².